The van der Waals surface area contributed by atoms with E-state index in [1.54, 1.807) is 7.11 Å². The topological polar surface area (TPSA) is 70.2 Å². The average molecular weight is 390 g/mol. The van der Waals surface area contributed by atoms with Gasteiger partial charge in [-0.1, -0.05) is 42.5 Å². The summed E-state index contributed by atoms with van der Waals surface area (Å²) in [4.78, 5) is 14.7. The summed E-state index contributed by atoms with van der Waals surface area (Å²) < 4.78 is 5.22. The first-order chi connectivity index (χ1) is 14.2. The van der Waals surface area contributed by atoms with Gasteiger partial charge in [0, 0.05) is 25.2 Å². The summed E-state index contributed by atoms with van der Waals surface area (Å²) in [7, 11) is 1.63. The molecule has 0 aliphatic carbocycles. The molecule has 150 valence electrons. The monoisotopic (exact) mass is 390 g/mol. The third kappa shape index (κ3) is 4.77. The largest absolute Gasteiger partial charge is 0.497 e. The first-order valence-electron chi connectivity index (χ1n) is 9.99. The Morgan fingerprint density at radius 3 is 2.69 bits per heavy atom. The Kier molecular flexibility index (Phi) is 5.79. The van der Waals surface area contributed by atoms with Crippen LogP contribution in [-0.4, -0.2) is 42.3 Å². The van der Waals surface area contributed by atoms with E-state index in [1.807, 2.05) is 42.5 Å². The highest BCUT2D eigenvalue weighted by Gasteiger charge is 2.22. The van der Waals surface area contributed by atoms with E-state index in [4.69, 9.17) is 4.74 Å². The highest BCUT2D eigenvalue weighted by molar-refractivity contribution is 5.79. The predicted molar refractivity (Wildman–Crippen MR) is 114 cm³/mol. The summed E-state index contributed by atoms with van der Waals surface area (Å²) in [6.07, 6.45) is 2.20. The molecule has 0 bridgehead atoms. The molecular formula is C23H26N4O2. The number of carbonyl (C=O) groups is 1. The van der Waals surface area contributed by atoms with E-state index in [1.165, 1.54) is 0 Å². The van der Waals surface area contributed by atoms with Gasteiger partial charge in [-0.05, 0) is 36.1 Å². The lowest BCUT2D eigenvalue weighted by Gasteiger charge is -2.32. The van der Waals surface area contributed by atoms with Crippen molar-refractivity contribution in [1.82, 2.24) is 15.5 Å². The third-order valence-corrected chi connectivity index (χ3v) is 5.33. The van der Waals surface area contributed by atoms with Crippen LogP contribution in [0.4, 0.5) is 5.82 Å². The molecule has 6 heteroatoms. The molecule has 1 aromatic heterocycles. The van der Waals surface area contributed by atoms with E-state index in [-0.39, 0.29) is 11.9 Å². The highest BCUT2D eigenvalue weighted by Crippen LogP contribution is 2.24. The number of ether oxygens (including phenoxy) is 1. The number of aromatic nitrogens is 2. The number of piperidine rings is 1. The van der Waals surface area contributed by atoms with Gasteiger partial charge in [-0.15, -0.1) is 0 Å². The molecular weight excluding hydrogens is 364 g/mol. The fourth-order valence-electron chi connectivity index (χ4n) is 3.74. The number of hydrogen-bond donors (Lipinski definition) is 2. The number of benzene rings is 2. The van der Waals surface area contributed by atoms with Crippen molar-refractivity contribution in [1.29, 1.82) is 0 Å². The smallest absolute Gasteiger partial charge is 0.224 e. The number of methoxy groups -OCH3 is 1. The van der Waals surface area contributed by atoms with E-state index < -0.39 is 0 Å². The number of rotatable bonds is 6. The summed E-state index contributed by atoms with van der Waals surface area (Å²) >= 11 is 0. The molecule has 1 saturated heterocycles. The van der Waals surface area contributed by atoms with Gasteiger partial charge in [0.1, 0.15) is 5.75 Å². The number of anilines is 1. The van der Waals surface area contributed by atoms with Crippen LogP contribution in [-0.2, 0) is 11.2 Å². The standard InChI is InChI=1S/C23H26N4O2/c1-29-20-9-5-6-17(14-20)15-23(28)24-19-10-12-27(13-11-19)22-16-21(25-26-22)18-7-3-2-4-8-18/h2-9,14,16,19H,10-13,15H2,1H3,(H,24,28)(H,25,26). The van der Waals surface area contributed by atoms with Gasteiger partial charge in [0.25, 0.3) is 0 Å². The number of nitrogens with one attached hydrogen (secondary N) is 2. The fourth-order valence-corrected chi connectivity index (χ4v) is 3.74. The van der Waals surface area contributed by atoms with E-state index in [0.717, 1.165) is 54.3 Å². The van der Waals surface area contributed by atoms with Crippen LogP contribution in [0.25, 0.3) is 11.3 Å². The Hall–Kier alpha value is -3.28. The van der Waals surface area contributed by atoms with E-state index in [0.29, 0.717) is 6.42 Å². The number of nitrogens with zero attached hydrogens (tertiary/aromatic N) is 2. The fraction of sp³-hybridized carbons (Fsp3) is 0.304. The molecule has 1 amide bonds. The molecule has 6 nitrogen and oxygen atoms in total. The number of H-pyrrole nitrogens is 1. The molecule has 2 heterocycles. The SMILES string of the molecule is COc1cccc(CC(=O)NC2CCN(c3cc(-c4ccccc4)[nH]n3)CC2)c1. The van der Waals surface area contributed by atoms with Crippen LogP contribution >= 0.6 is 0 Å². The number of aromatic amines is 1. The molecule has 0 spiro atoms. The maximum absolute atomic E-state index is 12.4. The first-order valence-corrected chi connectivity index (χ1v) is 9.99. The molecule has 2 aromatic carbocycles. The van der Waals surface area contributed by atoms with Gasteiger partial charge in [-0.25, -0.2) is 0 Å². The number of amides is 1. The Bertz CT molecular complexity index is 946. The molecule has 0 radical (unpaired) electrons. The molecule has 4 rings (SSSR count). The maximum Gasteiger partial charge on any atom is 0.224 e. The van der Waals surface area contributed by atoms with Crippen molar-refractivity contribution < 1.29 is 9.53 Å². The molecule has 0 saturated carbocycles. The van der Waals surface area contributed by atoms with E-state index in [9.17, 15) is 4.79 Å². The summed E-state index contributed by atoms with van der Waals surface area (Å²) in [5.41, 5.74) is 3.12. The summed E-state index contributed by atoms with van der Waals surface area (Å²) in [6.45, 7) is 1.76. The predicted octanol–water partition coefficient (Wildman–Crippen LogP) is 3.41. The second-order valence-corrected chi connectivity index (χ2v) is 7.36. The van der Waals surface area contributed by atoms with Gasteiger partial charge in [-0.3, -0.25) is 9.89 Å². The molecule has 1 fully saturated rings. The third-order valence-electron chi connectivity index (χ3n) is 5.33. The normalized spacial score (nSPS) is 14.6. The zero-order valence-corrected chi connectivity index (χ0v) is 16.6. The van der Waals surface area contributed by atoms with Crippen molar-refractivity contribution in [2.24, 2.45) is 0 Å². The molecule has 1 aliphatic heterocycles. The minimum atomic E-state index is 0.0582. The zero-order valence-electron chi connectivity index (χ0n) is 16.6. The van der Waals surface area contributed by atoms with Crippen LogP contribution in [0.5, 0.6) is 5.75 Å². The van der Waals surface area contributed by atoms with Crippen molar-refractivity contribution in [3.8, 4) is 17.0 Å². The van der Waals surface area contributed by atoms with Crippen LogP contribution in [0.2, 0.25) is 0 Å². The Labute approximate surface area is 170 Å². The molecule has 0 atom stereocenters. The maximum atomic E-state index is 12.4. The molecule has 29 heavy (non-hydrogen) atoms. The van der Waals surface area contributed by atoms with Crippen LogP contribution in [0, 0.1) is 0 Å². The first kappa shape index (κ1) is 19.1. The van der Waals surface area contributed by atoms with Gasteiger partial charge in [-0.2, -0.15) is 5.10 Å². The lowest BCUT2D eigenvalue weighted by atomic mass is 10.0. The quantitative estimate of drug-likeness (QED) is 0.677. The lowest BCUT2D eigenvalue weighted by molar-refractivity contribution is -0.121. The van der Waals surface area contributed by atoms with Crippen molar-refractivity contribution in [2.75, 3.05) is 25.1 Å². The Morgan fingerprint density at radius 2 is 1.93 bits per heavy atom. The highest BCUT2D eigenvalue weighted by atomic mass is 16.5. The van der Waals surface area contributed by atoms with Gasteiger partial charge < -0.3 is 15.0 Å². The van der Waals surface area contributed by atoms with Gasteiger partial charge >= 0.3 is 0 Å². The summed E-state index contributed by atoms with van der Waals surface area (Å²) in [6, 6.07) is 20.1. The van der Waals surface area contributed by atoms with Gasteiger partial charge in [0.15, 0.2) is 5.82 Å². The van der Waals surface area contributed by atoms with E-state index >= 15 is 0 Å². The van der Waals surface area contributed by atoms with Crippen LogP contribution in [0.1, 0.15) is 18.4 Å². The minimum Gasteiger partial charge on any atom is -0.497 e. The van der Waals surface area contributed by atoms with E-state index in [2.05, 4.69) is 38.6 Å². The van der Waals surface area contributed by atoms with Gasteiger partial charge in [0.05, 0.1) is 19.2 Å². The Morgan fingerprint density at radius 1 is 1.14 bits per heavy atom. The average Bonchev–Trinajstić information content (AvgIpc) is 3.25. The van der Waals surface area contributed by atoms with Gasteiger partial charge in [0.2, 0.25) is 5.91 Å². The van der Waals surface area contributed by atoms with Crippen LogP contribution < -0.4 is 15.0 Å². The minimum absolute atomic E-state index is 0.0582. The molecule has 3 aromatic rings. The zero-order chi connectivity index (χ0) is 20.1. The van der Waals surface area contributed by atoms with Crippen molar-refractivity contribution in [3.05, 3.63) is 66.2 Å². The van der Waals surface area contributed by atoms with Crippen LogP contribution in [0.15, 0.2) is 60.7 Å². The van der Waals surface area contributed by atoms with Crippen molar-refractivity contribution >= 4 is 11.7 Å². The van der Waals surface area contributed by atoms with Crippen LogP contribution in [0.3, 0.4) is 0 Å². The second kappa shape index (κ2) is 8.82. The molecule has 2 N–H and O–H groups in total. The van der Waals surface area contributed by atoms with Crippen molar-refractivity contribution in [3.63, 3.8) is 0 Å². The number of hydrogen-bond acceptors (Lipinski definition) is 4. The second-order valence-electron chi connectivity index (χ2n) is 7.36. The summed E-state index contributed by atoms with van der Waals surface area (Å²) in [5, 5.41) is 10.8. The summed E-state index contributed by atoms with van der Waals surface area (Å²) in [5.74, 6) is 1.80. The lowest BCUT2D eigenvalue weighted by Crippen LogP contribution is -2.45. The van der Waals surface area contributed by atoms with Crippen molar-refractivity contribution in [2.45, 2.75) is 25.3 Å². The number of carbonyl (C=O) groups excluding carboxylic acids is 1. The molecule has 1 aliphatic rings. The molecule has 0 unspecified atom stereocenters. The Balaban J connectivity index is 1.28.